The van der Waals surface area contributed by atoms with Crippen LogP contribution < -0.4 is 0 Å². The van der Waals surface area contributed by atoms with Gasteiger partial charge >= 0.3 is 5.97 Å². The van der Waals surface area contributed by atoms with E-state index in [0.717, 1.165) is 25.7 Å². The number of carbonyl (C=O) groups excluding carboxylic acids is 3. The molecule has 4 rings (SSSR count). The summed E-state index contributed by atoms with van der Waals surface area (Å²) in [5.41, 5.74) is -2.35. The Morgan fingerprint density at radius 3 is 2.59 bits per heavy atom. The van der Waals surface area contributed by atoms with Gasteiger partial charge in [-0.3, -0.25) is 14.4 Å². The first-order valence-corrected chi connectivity index (χ1v) is 11.1. The molecule has 4 saturated carbocycles. The first-order chi connectivity index (χ1) is 13.5. The van der Waals surface area contributed by atoms with Crippen LogP contribution in [-0.2, 0) is 19.1 Å². The number of ketones is 2. The average molecular weight is 407 g/mol. The standard InChI is InChI=1S/C23H34O6/c1-13(24)29-12-19(27)23(28)9-7-17-16-5-4-14-10-15(25)6-8-21(14,2)20(16)18(26)11-22(17,23)3/h14,16-18,20,26,28H,4-12H2,1-3H3/t14-,16-,17-,18-,20+,21-,22-,23-/m0/s1. The third-order valence-electron chi connectivity index (χ3n) is 9.43. The van der Waals surface area contributed by atoms with Crippen molar-refractivity contribution in [3.8, 4) is 0 Å². The van der Waals surface area contributed by atoms with Gasteiger partial charge in [0.2, 0.25) is 5.78 Å². The van der Waals surface area contributed by atoms with E-state index in [0.29, 0.717) is 37.4 Å². The van der Waals surface area contributed by atoms with E-state index in [9.17, 15) is 24.6 Å². The first kappa shape index (κ1) is 21.0. The zero-order valence-corrected chi connectivity index (χ0v) is 17.8. The molecule has 0 amide bonds. The smallest absolute Gasteiger partial charge is 0.303 e. The van der Waals surface area contributed by atoms with Crippen molar-refractivity contribution in [1.29, 1.82) is 0 Å². The molecule has 2 N–H and O–H groups in total. The molecule has 4 aliphatic rings. The highest BCUT2D eigenvalue weighted by Gasteiger charge is 2.68. The predicted octanol–water partition coefficient (Wildman–Crippen LogP) is 2.43. The lowest BCUT2D eigenvalue weighted by molar-refractivity contribution is -0.199. The molecular weight excluding hydrogens is 372 g/mol. The molecule has 0 aromatic rings. The zero-order chi connectivity index (χ0) is 21.2. The van der Waals surface area contributed by atoms with E-state index in [-0.39, 0.29) is 23.2 Å². The molecule has 0 aromatic carbocycles. The fourth-order valence-corrected chi connectivity index (χ4v) is 7.92. The van der Waals surface area contributed by atoms with Crippen LogP contribution in [-0.4, -0.2) is 46.1 Å². The average Bonchev–Trinajstić information content (AvgIpc) is 2.91. The van der Waals surface area contributed by atoms with Gasteiger partial charge < -0.3 is 14.9 Å². The van der Waals surface area contributed by atoms with Crippen LogP contribution in [0.3, 0.4) is 0 Å². The summed E-state index contributed by atoms with van der Waals surface area (Å²) in [7, 11) is 0. The van der Waals surface area contributed by atoms with Gasteiger partial charge in [0.05, 0.1) is 6.10 Å². The maximum atomic E-state index is 12.9. The molecule has 8 atom stereocenters. The van der Waals surface area contributed by atoms with Gasteiger partial charge in [-0.15, -0.1) is 0 Å². The van der Waals surface area contributed by atoms with Crippen LogP contribution in [0.2, 0.25) is 0 Å². The van der Waals surface area contributed by atoms with Crippen LogP contribution in [0.4, 0.5) is 0 Å². The maximum absolute atomic E-state index is 12.9. The Labute approximate surface area is 172 Å². The molecule has 0 aromatic heterocycles. The van der Waals surface area contributed by atoms with E-state index in [1.165, 1.54) is 6.92 Å². The second kappa shape index (κ2) is 6.88. The second-order valence-electron chi connectivity index (χ2n) is 10.6. The lowest BCUT2D eigenvalue weighted by atomic mass is 9.43. The number of aliphatic hydroxyl groups excluding tert-OH is 1. The fraction of sp³-hybridized carbons (Fsp3) is 0.870. The largest absolute Gasteiger partial charge is 0.458 e. The Balaban J connectivity index is 1.63. The van der Waals surface area contributed by atoms with E-state index < -0.39 is 35.5 Å². The normalized spacial score (nSPS) is 49.0. The van der Waals surface area contributed by atoms with Crippen molar-refractivity contribution >= 4 is 17.5 Å². The molecule has 0 saturated heterocycles. The molecule has 6 nitrogen and oxygen atoms in total. The molecule has 29 heavy (non-hydrogen) atoms. The Bertz CT molecular complexity index is 733. The van der Waals surface area contributed by atoms with Crippen LogP contribution in [0.5, 0.6) is 0 Å². The Hall–Kier alpha value is -1.27. The fourth-order valence-electron chi connectivity index (χ4n) is 7.92. The van der Waals surface area contributed by atoms with Gasteiger partial charge in [0.15, 0.2) is 6.61 Å². The highest BCUT2D eigenvalue weighted by Crippen LogP contribution is 2.68. The minimum atomic E-state index is -1.57. The maximum Gasteiger partial charge on any atom is 0.303 e. The Kier molecular flexibility index (Phi) is 4.97. The molecule has 0 heterocycles. The monoisotopic (exact) mass is 406 g/mol. The summed E-state index contributed by atoms with van der Waals surface area (Å²) in [5.74, 6) is 0.182. The molecular formula is C23H34O6. The molecule has 0 bridgehead atoms. The minimum Gasteiger partial charge on any atom is -0.458 e. The topological polar surface area (TPSA) is 101 Å². The summed E-state index contributed by atoms with van der Waals surface area (Å²) >= 11 is 0. The van der Waals surface area contributed by atoms with Crippen LogP contribution in [0.25, 0.3) is 0 Å². The van der Waals surface area contributed by atoms with Gasteiger partial charge in [0.1, 0.15) is 11.4 Å². The third kappa shape index (κ3) is 2.93. The third-order valence-corrected chi connectivity index (χ3v) is 9.43. The van der Waals surface area contributed by atoms with Crippen molar-refractivity contribution in [2.75, 3.05) is 6.61 Å². The molecule has 0 spiro atoms. The summed E-state index contributed by atoms with van der Waals surface area (Å²) in [6.07, 6.45) is 4.81. The lowest BCUT2D eigenvalue weighted by Gasteiger charge is -2.62. The van der Waals surface area contributed by atoms with E-state index in [4.69, 9.17) is 4.74 Å². The highest BCUT2D eigenvalue weighted by atomic mass is 16.5. The second-order valence-corrected chi connectivity index (χ2v) is 10.6. The number of esters is 1. The molecule has 4 aliphatic carbocycles. The molecule has 162 valence electrons. The molecule has 0 radical (unpaired) electrons. The number of Topliss-reactive ketones (excluding diaryl/α,β-unsaturated/α-hetero) is 2. The summed E-state index contributed by atoms with van der Waals surface area (Å²) in [4.78, 5) is 36.1. The van der Waals surface area contributed by atoms with Crippen LogP contribution in [0.1, 0.15) is 72.1 Å². The lowest BCUT2D eigenvalue weighted by Crippen LogP contribution is -2.63. The molecule has 4 fully saturated rings. The van der Waals surface area contributed by atoms with Gasteiger partial charge in [0.25, 0.3) is 0 Å². The summed E-state index contributed by atoms with van der Waals surface area (Å²) < 4.78 is 4.89. The van der Waals surface area contributed by atoms with E-state index in [1.54, 1.807) is 0 Å². The quantitative estimate of drug-likeness (QED) is 0.698. The SMILES string of the molecule is CC(=O)OCC(=O)[C@@]1(O)CC[C@H]2[C@@H]3CC[C@H]4CC(=O)CC[C@]4(C)[C@H]3[C@@H](O)C[C@@]21C. The molecule has 0 aliphatic heterocycles. The van der Waals surface area contributed by atoms with Crippen molar-refractivity contribution in [2.45, 2.75) is 83.8 Å². The number of carbonyl (C=O) groups is 3. The Morgan fingerprint density at radius 1 is 1.17 bits per heavy atom. The first-order valence-electron chi connectivity index (χ1n) is 11.1. The molecule has 6 heteroatoms. The summed E-state index contributed by atoms with van der Waals surface area (Å²) in [6.45, 7) is 5.02. The van der Waals surface area contributed by atoms with Gasteiger partial charge in [-0.2, -0.15) is 0 Å². The van der Waals surface area contributed by atoms with E-state index in [1.807, 2.05) is 6.92 Å². The zero-order valence-electron chi connectivity index (χ0n) is 17.8. The predicted molar refractivity (Wildman–Crippen MR) is 105 cm³/mol. The molecule has 0 unspecified atom stereocenters. The number of fused-ring (bicyclic) bond motifs is 5. The van der Waals surface area contributed by atoms with Gasteiger partial charge in [-0.05, 0) is 67.6 Å². The van der Waals surface area contributed by atoms with Crippen molar-refractivity contribution in [2.24, 2.45) is 34.5 Å². The van der Waals surface area contributed by atoms with Gasteiger partial charge in [-0.25, -0.2) is 0 Å². The van der Waals surface area contributed by atoms with E-state index >= 15 is 0 Å². The number of hydrogen-bond donors (Lipinski definition) is 2. The van der Waals surface area contributed by atoms with E-state index in [2.05, 4.69) is 6.92 Å². The van der Waals surface area contributed by atoms with Gasteiger partial charge in [0, 0.05) is 25.2 Å². The number of aliphatic hydroxyl groups is 2. The van der Waals surface area contributed by atoms with Crippen molar-refractivity contribution < 1.29 is 29.3 Å². The van der Waals surface area contributed by atoms with Crippen molar-refractivity contribution in [3.63, 3.8) is 0 Å². The minimum absolute atomic E-state index is 0.0555. The van der Waals surface area contributed by atoms with Gasteiger partial charge in [-0.1, -0.05) is 13.8 Å². The summed E-state index contributed by atoms with van der Waals surface area (Å²) in [5, 5.41) is 22.8. The van der Waals surface area contributed by atoms with Crippen LogP contribution >= 0.6 is 0 Å². The number of rotatable bonds is 3. The summed E-state index contributed by atoms with van der Waals surface area (Å²) in [6, 6.07) is 0. The van der Waals surface area contributed by atoms with Crippen LogP contribution in [0.15, 0.2) is 0 Å². The van der Waals surface area contributed by atoms with Crippen molar-refractivity contribution in [1.82, 2.24) is 0 Å². The van der Waals surface area contributed by atoms with Crippen molar-refractivity contribution in [3.05, 3.63) is 0 Å². The highest BCUT2D eigenvalue weighted by molar-refractivity contribution is 5.91. The Morgan fingerprint density at radius 2 is 1.90 bits per heavy atom. The number of ether oxygens (including phenoxy) is 1. The van der Waals surface area contributed by atoms with Crippen LogP contribution in [0, 0.1) is 34.5 Å². The number of hydrogen-bond acceptors (Lipinski definition) is 6.